The largest absolute Gasteiger partial charge is 0.491 e. The Morgan fingerprint density at radius 3 is 2.61 bits per heavy atom. The molecule has 158 valence electrons. The molecule has 7 nitrogen and oxygen atoms in total. The number of ether oxygens (including phenoxy) is 2. The molecule has 1 fully saturated rings. The van der Waals surface area contributed by atoms with Crippen molar-refractivity contribution in [3.05, 3.63) is 29.8 Å². The first kappa shape index (κ1) is 24.5. The second-order valence-electron chi connectivity index (χ2n) is 6.98. The Bertz CT molecular complexity index is 622. The minimum absolute atomic E-state index is 0. The van der Waals surface area contributed by atoms with Gasteiger partial charge in [-0.3, -0.25) is 9.79 Å². The van der Waals surface area contributed by atoms with E-state index in [0.717, 1.165) is 36.8 Å². The molecule has 0 aliphatic carbocycles. The van der Waals surface area contributed by atoms with E-state index in [-0.39, 0.29) is 41.8 Å². The van der Waals surface area contributed by atoms with E-state index in [1.807, 2.05) is 43.0 Å². The fourth-order valence-electron chi connectivity index (χ4n) is 2.96. The van der Waals surface area contributed by atoms with E-state index in [1.165, 1.54) is 0 Å². The lowest BCUT2D eigenvalue weighted by atomic mass is 10.2. The van der Waals surface area contributed by atoms with Crippen LogP contribution >= 0.6 is 24.0 Å². The molecule has 1 aromatic rings. The van der Waals surface area contributed by atoms with Gasteiger partial charge in [-0.05, 0) is 24.1 Å². The van der Waals surface area contributed by atoms with E-state index in [0.29, 0.717) is 19.8 Å². The molecular weight excluding hydrogens is 471 g/mol. The van der Waals surface area contributed by atoms with Crippen LogP contribution in [0.2, 0.25) is 0 Å². The van der Waals surface area contributed by atoms with Gasteiger partial charge in [0, 0.05) is 45.8 Å². The van der Waals surface area contributed by atoms with Crippen molar-refractivity contribution >= 4 is 35.8 Å². The van der Waals surface area contributed by atoms with Crippen molar-refractivity contribution in [3.63, 3.8) is 0 Å². The van der Waals surface area contributed by atoms with Crippen LogP contribution in [0.4, 0.5) is 0 Å². The predicted octanol–water partition coefficient (Wildman–Crippen LogP) is 2.25. The van der Waals surface area contributed by atoms with Crippen LogP contribution in [-0.2, 0) is 16.1 Å². The molecule has 2 N–H and O–H groups in total. The summed E-state index contributed by atoms with van der Waals surface area (Å²) >= 11 is 0. The molecule has 0 spiro atoms. The van der Waals surface area contributed by atoms with Gasteiger partial charge in [-0.1, -0.05) is 26.0 Å². The van der Waals surface area contributed by atoms with Gasteiger partial charge in [0.1, 0.15) is 12.4 Å². The molecule has 1 unspecified atom stereocenters. The normalized spacial score (nSPS) is 16.7. The maximum Gasteiger partial charge on any atom is 0.225 e. The Morgan fingerprint density at radius 1 is 1.29 bits per heavy atom. The van der Waals surface area contributed by atoms with Gasteiger partial charge in [0.05, 0.1) is 6.61 Å². The summed E-state index contributed by atoms with van der Waals surface area (Å²) in [5.41, 5.74) is 1.14. The summed E-state index contributed by atoms with van der Waals surface area (Å²) in [7, 11) is 3.42. The molecule has 0 saturated carbocycles. The maximum absolute atomic E-state index is 12.1. The summed E-state index contributed by atoms with van der Waals surface area (Å²) in [5.74, 6) is 1.84. The molecule has 1 amide bonds. The first-order chi connectivity index (χ1) is 13.0. The number of nitrogens with one attached hydrogen (secondary N) is 2. The standard InChI is InChI=1S/C20H32N4O3.HI/c1-15(2)19(25)24-10-9-17(14-24)23-20(21-3)22-13-16-5-7-18(8-6-16)27-12-11-26-4;/h5-8,15,17H,9-14H2,1-4H3,(H2,21,22,23);1H. The number of amides is 1. The number of carbonyl (C=O) groups excluding carboxylic acids is 1. The van der Waals surface area contributed by atoms with Gasteiger partial charge in [0.25, 0.3) is 0 Å². The second-order valence-corrected chi connectivity index (χ2v) is 6.98. The van der Waals surface area contributed by atoms with Gasteiger partial charge in [0.15, 0.2) is 5.96 Å². The number of likely N-dealkylation sites (tertiary alicyclic amines) is 1. The Morgan fingerprint density at radius 2 is 2.00 bits per heavy atom. The number of rotatable bonds is 8. The summed E-state index contributed by atoms with van der Waals surface area (Å²) in [6.07, 6.45) is 0.937. The third-order valence-corrected chi connectivity index (χ3v) is 4.50. The number of benzene rings is 1. The fourth-order valence-corrected chi connectivity index (χ4v) is 2.96. The molecule has 28 heavy (non-hydrogen) atoms. The molecule has 0 bridgehead atoms. The quantitative estimate of drug-likeness (QED) is 0.246. The first-order valence-corrected chi connectivity index (χ1v) is 9.50. The number of guanidine groups is 1. The van der Waals surface area contributed by atoms with Gasteiger partial charge in [-0.15, -0.1) is 24.0 Å². The van der Waals surface area contributed by atoms with Crippen molar-refractivity contribution < 1.29 is 14.3 Å². The van der Waals surface area contributed by atoms with Crippen molar-refractivity contribution in [2.45, 2.75) is 32.9 Å². The van der Waals surface area contributed by atoms with E-state index in [4.69, 9.17) is 9.47 Å². The summed E-state index contributed by atoms with van der Waals surface area (Å²) in [6, 6.07) is 8.20. The highest BCUT2D eigenvalue weighted by molar-refractivity contribution is 14.0. The third-order valence-electron chi connectivity index (χ3n) is 4.50. The SMILES string of the molecule is CN=C(NCc1ccc(OCCOC)cc1)NC1CCN(C(=O)C(C)C)C1.I. The van der Waals surface area contributed by atoms with Crippen LogP contribution in [0.1, 0.15) is 25.8 Å². The lowest BCUT2D eigenvalue weighted by Crippen LogP contribution is -2.45. The average molecular weight is 504 g/mol. The van der Waals surface area contributed by atoms with E-state index in [2.05, 4.69) is 15.6 Å². The van der Waals surface area contributed by atoms with Crippen LogP contribution in [0.5, 0.6) is 5.75 Å². The summed E-state index contributed by atoms with van der Waals surface area (Å²) in [6.45, 7) is 7.20. The van der Waals surface area contributed by atoms with Crippen LogP contribution < -0.4 is 15.4 Å². The molecule has 0 radical (unpaired) electrons. The average Bonchev–Trinajstić information content (AvgIpc) is 3.14. The Labute approximate surface area is 185 Å². The first-order valence-electron chi connectivity index (χ1n) is 9.50. The van der Waals surface area contributed by atoms with Crippen molar-refractivity contribution in [1.82, 2.24) is 15.5 Å². The number of methoxy groups -OCH3 is 1. The highest BCUT2D eigenvalue weighted by Gasteiger charge is 2.27. The molecule has 8 heteroatoms. The zero-order valence-electron chi connectivity index (χ0n) is 17.2. The predicted molar refractivity (Wildman–Crippen MR) is 122 cm³/mol. The monoisotopic (exact) mass is 504 g/mol. The Kier molecular flexibility index (Phi) is 11.2. The number of aliphatic imine (C=N–C) groups is 1. The highest BCUT2D eigenvalue weighted by Crippen LogP contribution is 2.13. The van der Waals surface area contributed by atoms with Gasteiger partial charge in [-0.25, -0.2) is 0 Å². The topological polar surface area (TPSA) is 75.2 Å². The highest BCUT2D eigenvalue weighted by atomic mass is 127. The maximum atomic E-state index is 12.1. The summed E-state index contributed by atoms with van der Waals surface area (Å²) < 4.78 is 10.5. The lowest BCUT2D eigenvalue weighted by molar-refractivity contribution is -0.133. The molecule has 1 aromatic carbocycles. The van der Waals surface area contributed by atoms with E-state index < -0.39 is 0 Å². The minimum atomic E-state index is 0. The zero-order chi connectivity index (χ0) is 19.6. The van der Waals surface area contributed by atoms with Crippen molar-refractivity contribution in [2.24, 2.45) is 10.9 Å². The molecule has 2 rings (SSSR count). The van der Waals surface area contributed by atoms with Crippen LogP contribution in [-0.4, -0.2) is 63.3 Å². The Hall–Kier alpha value is -1.55. The molecular formula is C20H33IN4O3. The number of hydrogen-bond acceptors (Lipinski definition) is 4. The van der Waals surface area contributed by atoms with Gasteiger partial charge in [-0.2, -0.15) is 0 Å². The Balaban J connectivity index is 0.00000392. The van der Waals surface area contributed by atoms with Crippen LogP contribution in [0, 0.1) is 5.92 Å². The van der Waals surface area contributed by atoms with Crippen molar-refractivity contribution in [1.29, 1.82) is 0 Å². The van der Waals surface area contributed by atoms with Crippen LogP contribution in [0.3, 0.4) is 0 Å². The summed E-state index contributed by atoms with van der Waals surface area (Å²) in [4.78, 5) is 18.3. The van der Waals surface area contributed by atoms with Crippen molar-refractivity contribution in [3.8, 4) is 5.75 Å². The van der Waals surface area contributed by atoms with E-state index in [1.54, 1.807) is 14.2 Å². The molecule has 1 heterocycles. The molecule has 1 saturated heterocycles. The van der Waals surface area contributed by atoms with Crippen LogP contribution in [0.25, 0.3) is 0 Å². The number of nitrogens with zero attached hydrogens (tertiary/aromatic N) is 2. The van der Waals surface area contributed by atoms with Crippen molar-refractivity contribution in [2.75, 3.05) is 40.5 Å². The van der Waals surface area contributed by atoms with Gasteiger partial charge >= 0.3 is 0 Å². The minimum Gasteiger partial charge on any atom is -0.491 e. The van der Waals surface area contributed by atoms with Gasteiger partial charge in [0.2, 0.25) is 5.91 Å². The summed E-state index contributed by atoms with van der Waals surface area (Å²) in [5, 5.41) is 6.74. The molecule has 1 atom stereocenters. The van der Waals surface area contributed by atoms with Gasteiger partial charge < -0.3 is 25.0 Å². The van der Waals surface area contributed by atoms with E-state index in [9.17, 15) is 4.79 Å². The lowest BCUT2D eigenvalue weighted by Gasteiger charge is -2.20. The number of hydrogen-bond donors (Lipinski definition) is 2. The smallest absolute Gasteiger partial charge is 0.225 e. The molecule has 1 aliphatic heterocycles. The molecule has 0 aromatic heterocycles. The number of carbonyl (C=O) groups is 1. The third kappa shape index (κ3) is 7.83. The fraction of sp³-hybridized carbons (Fsp3) is 0.600. The number of halogens is 1. The molecule has 1 aliphatic rings. The van der Waals surface area contributed by atoms with E-state index >= 15 is 0 Å². The second kappa shape index (κ2) is 12.8. The van der Waals surface area contributed by atoms with Crippen LogP contribution in [0.15, 0.2) is 29.3 Å². The zero-order valence-corrected chi connectivity index (χ0v) is 19.6.